The Morgan fingerprint density at radius 2 is 2.37 bits per heavy atom. The van der Waals surface area contributed by atoms with Crippen molar-refractivity contribution in [3.8, 4) is 0 Å². The molecule has 0 radical (unpaired) electrons. The minimum Gasteiger partial charge on any atom is -0.338 e. The first-order valence-corrected chi connectivity index (χ1v) is 7.50. The average Bonchev–Trinajstić information content (AvgIpc) is 2.85. The highest BCUT2D eigenvalue weighted by molar-refractivity contribution is 4.87. The lowest BCUT2D eigenvalue weighted by Crippen LogP contribution is -2.38. The predicted octanol–water partition coefficient (Wildman–Crippen LogP) is 1.84. The van der Waals surface area contributed by atoms with Crippen molar-refractivity contribution in [2.75, 3.05) is 26.7 Å². The summed E-state index contributed by atoms with van der Waals surface area (Å²) in [4.78, 5) is 6.91. The molecule has 1 unspecified atom stereocenters. The quantitative estimate of drug-likeness (QED) is 0.816. The van der Waals surface area contributed by atoms with Gasteiger partial charge in [0.05, 0.1) is 6.54 Å². The van der Waals surface area contributed by atoms with Crippen molar-refractivity contribution in [2.45, 2.75) is 45.6 Å². The number of nitrogens with one attached hydrogen (secondary N) is 1. The molecule has 2 rings (SSSR count). The van der Waals surface area contributed by atoms with Gasteiger partial charge in [-0.1, -0.05) is 18.5 Å². The van der Waals surface area contributed by atoms with Crippen LogP contribution in [-0.2, 0) is 13.0 Å². The van der Waals surface area contributed by atoms with E-state index in [1.807, 2.05) is 7.05 Å². The van der Waals surface area contributed by atoms with Gasteiger partial charge in [-0.25, -0.2) is 0 Å². The summed E-state index contributed by atoms with van der Waals surface area (Å²) in [7, 11) is 2.02. The average molecular weight is 266 g/mol. The zero-order valence-corrected chi connectivity index (χ0v) is 12.2. The highest BCUT2D eigenvalue weighted by atomic mass is 16.5. The van der Waals surface area contributed by atoms with Crippen molar-refractivity contribution in [1.29, 1.82) is 0 Å². The summed E-state index contributed by atoms with van der Waals surface area (Å²) in [5.41, 5.74) is 0. The van der Waals surface area contributed by atoms with Crippen LogP contribution in [0.3, 0.4) is 0 Å². The van der Waals surface area contributed by atoms with Crippen LogP contribution < -0.4 is 5.32 Å². The Morgan fingerprint density at radius 1 is 1.47 bits per heavy atom. The normalized spacial score (nSPS) is 20.8. The van der Waals surface area contributed by atoms with E-state index in [0.717, 1.165) is 56.7 Å². The summed E-state index contributed by atoms with van der Waals surface area (Å²) in [5, 5.41) is 7.32. The molecule has 1 N–H and O–H groups in total. The summed E-state index contributed by atoms with van der Waals surface area (Å²) in [6, 6.07) is 0. The number of nitrogens with zero attached hydrogens (tertiary/aromatic N) is 3. The van der Waals surface area contributed by atoms with Crippen LogP contribution in [-0.4, -0.2) is 41.7 Å². The Kier molecular flexibility index (Phi) is 5.79. The molecular formula is C14H26N4O. The van der Waals surface area contributed by atoms with Gasteiger partial charge in [-0.05, 0) is 45.3 Å². The number of aryl methyl sites for hydroxylation is 1. The van der Waals surface area contributed by atoms with Gasteiger partial charge in [0.2, 0.25) is 5.89 Å². The van der Waals surface area contributed by atoms with Crippen molar-refractivity contribution in [3.05, 3.63) is 11.7 Å². The second-order valence-corrected chi connectivity index (χ2v) is 5.51. The molecule has 0 spiro atoms. The van der Waals surface area contributed by atoms with Gasteiger partial charge in [-0.15, -0.1) is 0 Å². The van der Waals surface area contributed by atoms with E-state index in [-0.39, 0.29) is 0 Å². The lowest BCUT2D eigenvalue weighted by molar-refractivity contribution is 0.149. The highest BCUT2D eigenvalue weighted by Gasteiger charge is 2.21. The lowest BCUT2D eigenvalue weighted by Gasteiger charge is -2.31. The first kappa shape index (κ1) is 14.5. The van der Waals surface area contributed by atoms with Crippen LogP contribution in [0.25, 0.3) is 0 Å². The highest BCUT2D eigenvalue weighted by Crippen LogP contribution is 2.17. The van der Waals surface area contributed by atoms with Gasteiger partial charge < -0.3 is 9.84 Å². The molecule has 0 aromatic carbocycles. The van der Waals surface area contributed by atoms with Crippen molar-refractivity contribution in [1.82, 2.24) is 20.4 Å². The summed E-state index contributed by atoms with van der Waals surface area (Å²) in [6.07, 6.45) is 5.82. The summed E-state index contributed by atoms with van der Waals surface area (Å²) >= 11 is 0. The number of aromatic nitrogens is 2. The second kappa shape index (κ2) is 7.60. The van der Waals surface area contributed by atoms with Gasteiger partial charge >= 0.3 is 0 Å². The number of likely N-dealkylation sites (tertiary alicyclic amines) is 1. The summed E-state index contributed by atoms with van der Waals surface area (Å²) in [6.45, 7) is 6.36. The first-order valence-electron chi connectivity index (χ1n) is 7.50. The molecule has 1 aromatic rings. The zero-order valence-electron chi connectivity index (χ0n) is 12.2. The molecule has 1 atom stereocenters. The fourth-order valence-corrected chi connectivity index (χ4v) is 2.73. The Balaban J connectivity index is 1.81. The minimum atomic E-state index is 0.751. The third kappa shape index (κ3) is 4.58. The fraction of sp³-hybridized carbons (Fsp3) is 0.857. The molecule has 1 fully saturated rings. The van der Waals surface area contributed by atoms with Gasteiger partial charge in [0.1, 0.15) is 0 Å². The van der Waals surface area contributed by atoms with Gasteiger partial charge in [-0.2, -0.15) is 4.98 Å². The van der Waals surface area contributed by atoms with Crippen LogP contribution in [0.5, 0.6) is 0 Å². The smallest absolute Gasteiger partial charge is 0.240 e. The molecule has 108 valence electrons. The van der Waals surface area contributed by atoms with Gasteiger partial charge in [-0.3, -0.25) is 4.90 Å². The molecule has 1 aliphatic heterocycles. The van der Waals surface area contributed by atoms with Crippen LogP contribution in [0, 0.1) is 5.92 Å². The van der Waals surface area contributed by atoms with Gasteiger partial charge in [0.25, 0.3) is 0 Å². The Bertz CT molecular complexity index is 364. The van der Waals surface area contributed by atoms with E-state index in [4.69, 9.17) is 4.52 Å². The zero-order chi connectivity index (χ0) is 13.5. The van der Waals surface area contributed by atoms with Crippen LogP contribution in [0.2, 0.25) is 0 Å². The Morgan fingerprint density at radius 3 is 3.16 bits per heavy atom. The number of unbranched alkanes of at least 4 members (excludes halogenated alkanes) is 1. The number of piperidine rings is 1. The molecule has 5 heteroatoms. The van der Waals surface area contributed by atoms with Crippen molar-refractivity contribution < 1.29 is 4.52 Å². The topological polar surface area (TPSA) is 54.2 Å². The number of rotatable bonds is 7. The maximum absolute atomic E-state index is 5.34. The molecule has 0 aliphatic carbocycles. The van der Waals surface area contributed by atoms with Crippen molar-refractivity contribution in [2.24, 2.45) is 5.92 Å². The summed E-state index contributed by atoms with van der Waals surface area (Å²) < 4.78 is 5.34. The number of hydrogen-bond acceptors (Lipinski definition) is 5. The summed E-state index contributed by atoms with van der Waals surface area (Å²) in [5.74, 6) is 2.39. The van der Waals surface area contributed by atoms with E-state index in [2.05, 4.69) is 27.3 Å². The maximum atomic E-state index is 5.34. The van der Waals surface area contributed by atoms with Crippen LogP contribution in [0.15, 0.2) is 4.52 Å². The van der Waals surface area contributed by atoms with E-state index in [1.165, 1.54) is 19.3 Å². The van der Waals surface area contributed by atoms with E-state index in [0.29, 0.717) is 0 Å². The van der Waals surface area contributed by atoms with Crippen LogP contribution >= 0.6 is 0 Å². The molecule has 0 amide bonds. The second-order valence-electron chi connectivity index (χ2n) is 5.51. The van der Waals surface area contributed by atoms with Crippen LogP contribution in [0.1, 0.15) is 44.3 Å². The third-order valence-electron chi connectivity index (χ3n) is 3.72. The standard InChI is InChI=1S/C14H26N4O/c1-3-4-7-13-16-14(19-17-13)11-18-8-5-6-12(10-18)9-15-2/h12,15H,3-11H2,1-2H3. The maximum Gasteiger partial charge on any atom is 0.240 e. The Hall–Kier alpha value is -0.940. The van der Waals surface area contributed by atoms with E-state index in [9.17, 15) is 0 Å². The molecular weight excluding hydrogens is 240 g/mol. The molecule has 1 saturated heterocycles. The first-order chi connectivity index (χ1) is 9.31. The van der Waals surface area contributed by atoms with E-state index < -0.39 is 0 Å². The van der Waals surface area contributed by atoms with Crippen molar-refractivity contribution >= 4 is 0 Å². The molecule has 5 nitrogen and oxygen atoms in total. The molecule has 2 heterocycles. The SMILES string of the molecule is CCCCc1noc(CN2CCCC(CNC)C2)n1. The molecule has 0 bridgehead atoms. The van der Waals surface area contributed by atoms with Crippen molar-refractivity contribution in [3.63, 3.8) is 0 Å². The monoisotopic (exact) mass is 266 g/mol. The van der Waals surface area contributed by atoms with Crippen LogP contribution in [0.4, 0.5) is 0 Å². The van der Waals surface area contributed by atoms with Gasteiger partial charge in [0, 0.05) is 13.0 Å². The van der Waals surface area contributed by atoms with E-state index >= 15 is 0 Å². The Labute approximate surface area is 115 Å². The molecule has 19 heavy (non-hydrogen) atoms. The predicted molar refractivity (Wildman–Crippen MR) is 74.8 cm³/mol. The fourth-order valence-electron chi connectivity index (χ4n) is 2.73. The number of hydrogen-bond donors (Lipinski definition) is 1. The van der Waals surface area contributed by atoms with E-state index in [1.54, 1.807) is 0 Å². The lowest BCUT2D eigenvalue weighted by atomic mass is 9.98. The molecule has 1 aliphatic rings. The van der Waals surface area contributed by atoms with Gasteiger partial charge in [0.15, 0.2) is 5.82 Å². The molecule has 1 aromatic heterocycles. The largest absolute Gasteiger partial charge is 0.338 e. The molecule has 0 saturated carbocycles. The minimum absolute atomic E-state index is 0.751. The third-order valence-corrected chi connectivity index (χ3v) is 3.72.